The van der Waals surface area contributed by atoms with E-state index in [1.165, 1.54) is 6.42 Å². The zero-order valence-electron chi connectivity index (χ0n) is 9.31. The summed E-state index contributed by atoms with van der Waals surface area (Å²) in [5.74, 6) is 0. The van der Waals surface area contributed by atoms with Crippen molar-refractivity contribution in [3.05, 3.63) is 0 Å². The minimum atomic E-state index is 1.08. The van der Waals surface area contributed by atoms with E-state index >= 15 is 0 Å². The molecule has 1 heterocycles. The highest BCUT2D eigenvalue weighted by Gasteiger charge is 1.98. The van der Waals surface area contributed by atoms with Crippen LogP contribution in [0.15, 0.2) is 0 Å². The minimum Gasteiger partial charge on any atom is -0.315 e. The van der Waals surface area contributed by atoms with E-state index in [1.54, 1.807) is 0 Å². The van der Waals surface area contributed by atoms with Gasteiger partial charge in [0.05, 0.1) is 0 Å². The van der Waals surface area contributed by atoms with Gasteiger partial charge in [0, 0.05) is 39.3 Å². The summed E-state index contributed by atoms with van der Waals surface area (Å²) < 4.78 is 0. The van der Waals surface area contributed by atoms with Crippen molar-refractivity contribution in [1.29, 1.82) is 0 Å². The van der Waals surface area contributed by atoms with E-state index < -0.39 is 0 Å². The lowest BCUT2D eigenvalue weighted by atomic mass is 10.4. The highest BCUT2D eigenvalue weighted by Crippen LogP contribution is 1.81. The SMILES string of the molecule is CN1CCNCCCNCCNCC1. The fourth-order valence-electron chi connectivity index (χ4n) is 1.54. The standard InChI is InChI=1S/C10H24N4/c1-14-9-7-12-4-2-3-11-5-6-13-8-10-14/h11-13H,2-10H2,1H3. The van der Waals surface area contributed by atoms with Crippen molar-refractivity contribution in [2.75, 3.05) is 59.4 Å². The van der Waals surface area contributed by atoms with E-state index in [1.807, 2.05) is 0 Å². The Balaban J connectivity index is 2.12. The van der Waals surface area contributed by atoms with Crippen LogP contribution < -0.4 is 16.0 Å². The van der Waals surface area contributed by atoms with Crippen LogP contribution in [0, 0.1) is 0 Å². The fraction of sp³-hybridized carbons (Fsp3) is 1.00. The first-order valence-corrected chi connectivity index (χ1v) is 5.70. The number of nitrogens with zero attached hydrogens (tertiary/aromatic N) is 1. The average molecular weight is 200 g/mol. The Kier molecular flexibility index (Phi) is 6.95. The third-order valence-electron chi connectivity index (χ3n) is 2.53. The van der Waals surface area contributed by atoms with Crippen LogP contribution in [0.3, 0.4) is 0 Å². The molecule has 0 unspecified atom stereocenters. The van der Waals surface area contributed by atoms with E-state index in [2.05, 4.69) is 27.9 Å². The Labute approximate surface area is 87.4 Å². The first-order chi connectivity index (χ1) is 6.89. The van der Waals surface area contributed by atoms with E-state index in [0.29, 0.717) is 0 Å². The first kappa shape index (κ1) is 11.9. The van der Waals surface area contributed by atoms with Gasteiger partial charge in [0.1, 0.15) is 0 Å². The fourth-order valence-corrected chi connectivity index (χ4v) is 1.54. The molecule has 3 N–H and O–H groups in total. The smallest absolute Gasteiger partial charge is 0.0104 e. The van der Waals surface area contributed by atoms with Gasteiger partial charge in [-0.15, -0.1) is 0 Å². The number of hydrogen-bond donors (Lipinski definition) is 3. The van der Waals surface area contributed by atoms with Gasteiger partial charge in [-0.2, -0.15) is 0 Å². The minimum absolute atomic E-state index is 1.08. The maximum Gasteiger partial charge on any atom is 0.0104 e. The summed E-state index contributed by atoms with van der Waals surface area (Å²) in [7, 11) is 2.18. The molecule has 0 aromatic carbocycles. The van der Waals surface area contributed by atoms with Gasteiger partial charge in [0.15, 0.2) is 0 Å². The van der Waals surface area contributed by atoms with Crippen molar-refractivity contribution in [2.24, 2.45) is 0 Å². The summed E-state index contributed by atoms with van der Waals surface area (Å²) in [6, 6.07) is 0. The van der Waals surface area contributed by atoms with Gasteiger partial charge in [-0.05, 0) is 26.6 Å². The third-order valence-corrected chi connectivity index (χ3v) is 2.53. The predicted octanol–water partition coefficient (Wildman–Crippen LogP) is -0.909. The van der Waals surface area contributed by atoms with Crippen LogP contribution in [0.2, 0.25) is 0 Å². The summed E-state index contributed by atoms with van der Waals surface area (Å²) in [4.78, 5) is 2.37. The lowest BCUT2D eigenvalue weighted by Crippen LogP contribution is -2.35. The van der Waals surface area contributed by atoms with Crippen molar-refractivity contribution < 1.29 is 0 Å². The molecule has 14 heavy (non-hydrogen) atoms. The highest BCUT2D eigenvalue weighted by atomic mass is 15.1. The van der Waals surface area contributed by atoms with E-state index in [-0.39, 0.29) is 0 Å². The number of rotatable bonds is 0. The Morgan fingerprint density at radius 3 is 1.86 bits per heavy atom. The monoisotopic (exact) mass is 200 g/mol. The maximum absolute atomic E-state index is 3.45. The van der Waals surface area contributed by atoms with Crippen LogP contribution in [0.4, 0.5) is 0 Å². The van der Waals surface area contributed by atoms with Crippen LogP contribution in [0.25, 0.3) is 0 Å². The van der Waals surface area contributed by atoms with Crippen molar-refractivity contribution in [3.8, 4) is 0 Å². The zero-order valence-corrected chi connectivity index (χ0v) is 9.31. The predicted molar refractivity (Wildman–Crippen MR) is 60.7 cm³/mol. The van der Waals surface area contributed by atoms with Crippen LogP contribution in [-0.2, 0) is 0 Å². The lowest BCUT2D eigenvalue weighted by Gasteiger charge is -2.16. The van der Waals surface area contributed by atoms with E-state index in [0.717, 1.165) is 52.4 Å². The molecule has 4 nitrogen and oxygen atoms in total. The summed E-state index contributed by atoms with van der Waals surface area (Å²) >= 11 is 0. The number of likely N-dealkylation sites (N-methyl/N-ethyl adjacent to an activating group) is 1. The molecule has 1 aliphatic rings. The number of hydrogen-bond acceptors (Lipinski definition) is 4. The molecule has 4 heteroatoms. The molecule has 0 aromatic rings. The maximum atomic E-state index is 3.45. The zero-order chi connectivity index (χ0) is 10.1. The normalized spacial score (nSPS) is 24.6. The van der Waals surface area contributed by atoms with Gasteiger partial charge in [-0.25, -0.2) is 0 Å². The third kappa shape index (κ3) is 6.32. The van der Waals surface area contributed by atoms with Crippen molar-refractivity contribution in [1.82, 2.24) is 20.9 Å². The lowest BCUT2D eigenvalue weighted by molar-refractivity contribution is 0.331. The Hall–Kier alpha value is -0.160. The van der Waals surface area contributed by atoms with Crippen molar-refractivity contribution in [2.45, 2.75) is 6.42 Å². The number of nitrogens with one attached hydrogen (secondary N) is 3. The molecule has 1 saturated heterocycles. The molecule has 0 bridgehead atoms. The molecular weight excluding hydrogens is 176 g/mol. The second-order valence-corrected chi connectivity index (χ2v) is 3.91. The van der Waals surface area contributed by atoms with Gasteiger partial charge < -0.3 is 20.9 Å². The summed E-state index contributed by atoms with van der Waals surface area (Å²) in [6.07, 6.45) is 1.23. The molecule has 0 radical (unpaired) electrons. The molecule has 0 saturated carbocycles. The van der Waals surface area contributed by atoms with Crippen molar-refractivity contribution >= 4 is 0 Å². The molecule has 0 spiro atoms. The summed E-state index contributed by atoms with van der Waals surface area (Å²) in [6.45, 7) is 8.93. The van der Waals surface area contributed by atoms with Gasteiger partial charge in [-0.3, -0.25) is 0 Å². The van der Waals surface area contributed by atoms with Gasteiger partial charge in [0.25, 0.3) is 0 Å². The first-order valence-electron chi connectivity index (χ1n) is 5.70. The van der Waals surface area contributed by atoms with Gasteiger partial charge >= 0.3 is 0 Å². The molecular formula is C10H24N4. The van der Waals surface area contributed by atoms with Crippen LogP contribution in [0.1, 0.15) is 6.42 Å². The topological polar surface area (TPSA) is 39.3 Å². The molecule has 0 aromatic heterocycles. The van der Waals surface area contributed by atoms with E-state index in [4.69, 9.17) is 0 Å². The van der Waals surface area contributed by atoms with E-state index in [9.17, 15) is 0 Å². The van der Waals surface area contributed by atoms with Crippen LogP contribution >= 0.6 is 0 Å². The molecule has 1 rings (SSSR count). The summed E-state index contributed by atoms with van der Waals surface area (Å²) in [5.41, 5.74) is 0. The van der Waals surface area contributed by atoms with Crippen LogP contribution in [-0.4, -0.2) is 64.3 Å². The molecule has 1 aliphatic heterocycles. The molecule has 1 fully saturated rings. The largest absolute Gasteiger partial charge is 0.315 e. The molecule has 0 amide bonds. The van der Waals surface area contributed by atoms with Crippen molar-refractivity contribution in [3.63, 3.8) is 0 Å². The average Bonchev–Trinajstić information content (AvgIpc) is 2.20. The second kappa shape index (κ2) is 8.17. The second-order valence-electron chi connectivity index (χ2n) is 3.91. The Bertz CT molecular complexity index is 115. The van der Waals surface area contributed by atoms with Gasteiger partial charge in [0.2, 0.25) is 0 Å². The quantitative estimate of drug-likeness (QED) is 0.473. The highest BCUT2D eigenvalue weighted by molar-refractivity contribution is 4.60. The van der Waals surface area contributed by atoms with Gasteiger partial charge in [-0.1, -0.05) is 0 Å². The Morgan fingerprint density at radius 1 is 0.714 bits per heavy atom. The summed E-state index contributed by atoms with van der Waals surface area (Å²) in [5, 5.41) is 10.3. The molecule has 84 valence electrons. The van der Waals surface area contributed by atoms with Crippen LogP contribution in [0.5, 0.6) is 0 Å². The molecule has 0 aliphatic carbocycles. The Morgan fingerprint density at radius 2 is 1.21 bits per heavy atom. The molecule has 0 atom stereocenters.